The van der Waals surface area contributed by atoms with Gasteiger partial charge in [-0.05, 0) is 36.6 Å². The van der Waals surface area contributed by atoms with E-state index < -0.39 is 0 Å². The normalized spacial score (nSPS) is 12.3. The van der Waals surface area contributed by atoms with Crippen molar-refractivity contribution in [2.24, 2.45) is 0 Å². The zero-order valence-electron chi connectivity index (χ0n) is 10.7. The van der Waals surface area contributed by atoms with Crippen molar-refractivity contribution < 1.29 is 0 Å². The highest BCUT2D eigenvalue weighted by atomic mass is 15.1. The van der Waals surface area contributed by atoms with Gasteiger partial charge in [-0.15, -0.1) is 0 Å². The molecule has 0 saturated heterocycles. The van der Waals surface area contributed by atoms with Crippen LogP contribution in [-0.4, -0.2) is 16.7 Å². The Bertz CT molecular complexity index is 442. The van der Waals surface area contributed by atoms with Crippen LogP contribution in [0.25, 0.3) is 0 Å². The van der Waals surface area contributed by atoms with Crippen molar-refractivity contribution in [2.75, 3.05) is 6.54 Å². The summed E-state index contributed by atoms with van der Waals surface area (Å²) in [5.41, 5.74) is 2.53. The van der Waals surface area contributed by atoms with Crippen LogP contribution in [0.1, 0.15) is 30.5 Å². The summed E-state index contributed by atoms with van der Waals surface area (Å²) in [5.74, 6) is 0. The van der Waals surface area contributed by atoms with Gasteiger partial charge in [0.25, 0.3) is 0 Å². The third kappa shape index (κ3) is 3.64. The first-order valence-electron chi connectivity index (χ1n) is 6.44. The third-order valence-electron chi connectivity index (χ3n) is 2.93. The molecule has 0 aliphatic rings. The van der Waals surface area contributed by atoms with Crippen molar-refractivity contribution in [1.29, 1.82) is 0 Å². The summed E-state index contributed by atoms with van der Waals surface area (Å²) in [4.78, 5) is 0. The molecule has 0 radical (unpaired) electrons. The van der Waals surface area contributed by atoms with Gasteiger partial charge in [-0.2, -0.15) is 10.2 Å². The number of benzene rings is 1. The summed E-state index contributed by atoms with van der Waals surface area (Å²) in [5, 5.41) is 11.4. The molecule has 3 nitrogen and oxygen atoms in total. The Morgan fingerprint density at radius 1 is 1.11 bits per heavy atom. The first-order chi connectivity index (χ1) is 8.90. The molecule has 1 unspecified atom stereocenters. The molecule has 0 saturated carbocycles. The first kappa shape index (κ1) is 12.7. The van der Waals surface area contributed by atoms with Gasteiger partial charge in [0.2, 0.25) is 0 Å². The standard InChI is InChI=1S/C15H19N3/c1-2-9-16-15(14-8-10-17-18-12-14)11-13-6-4-3-5-7-13/h3-8,10,12,15-16H,2,9,11H2,1H3. The van der Waals surface area contributed by atoms with Gasteiger partial charge in [0.15, 0.2) is 0 Å². The van der Waals surface area contributed by atoms with Gasteiger partial charge in [0.05, 0.1) is 6.20 Å². The van der Waals surface area contributed by atoms with Crippen molar-refractivity contribution >= 4 is 0 Å². The molecule has 94 valence electrons. The largest absolute Gasteiger partial charge is 0.310 e. The lowest BCUT2D eigenvalue weighted by Crippen LogP contribution is -2.24. The molecule has 0 aliphatic heterocycles. The Kier molecular flexibility index (Phi) is 4.85. The van der Waals surface area contributed by atoms with Crippen LogP contribution in [-0.2, 0) is 6.42 Å². The van der Waals surface area contributed by atoms with E-state index in [1.807, 2.05) is 18.3 Å². The maximum absolute atomic E-state index is 3.97. The van der Waals surface area contributed by atoms with Crippen molar-refractivity contribution in [2.45, 2.75) is 25.8 Å². The summed E-state index contributed by atoms with van der Waals surface area (Å²) >= 11 is 0. The summed E-state index contributed by atoms with van der Waals surface area (Å²) in [6.45, 7) is 3.19. The Morgan fingerprint density at radius 3 is 2.61 bits per heavy atom. The minimum Gasteiger partial charge on any atom is -0.310 e. The lowest BCUT2D eigenvalue weighted by Gasteiger charge is -2.18. The van der Waals surface area contributed by atoms with Gasteiger partial charge in [-0.1, -0.05) is 37.3 Å². The van der Waals surface area contributed by atoms with E-state index >= 15 is 0 Å². The molecule has 1 aromatic carbocycles. The van der Waals surface area contributed by atoms with E-state index in [0.717, 1.165) is 19.4 Å². The molecule has 18 heavy (non-hydrogen) atoms. The van der Waals surface area contributed by atoms with Crippen LogP contribution in [0.2, 0.25) is 0 Å². The smallest absolute Gasteiger partial charge is 0.0544 e. The van der Waals surface area contributed by atoms with E-state index in [4.69, 9.17) is 0 Å². The Balaban J connectivity index is 2.10. The van der Waals surface area contributed by atoms with E-state index in [0.29, 0.717) is 6.04 Å². The fourth-order valence-corrected chi connectivity index (χ4v) is 1.98. The van der Waals surface area contributed by atoms with Crippen LogP contribution in [0.4, 0.5) is 0 Å². The second kappa shape index (κ2) is 6.87. The van der Waals surface area contributed by atoms with Gasteiger partial charge >= 0.3 is 0 Å². The summed E-state index contributed by atoms with van der Waals surface area (Å²) in [6.07, 6.45) is 5.70. The molecule has 1 heterocycles. The number of aromatic nitrogens is 2. The van der Waals surface area contributed by atoms with Gasteiger partial charge in [-0.3, -0.25) is 0 Å². The summed E-state index contributed by atoms with van der Waals surface area (Å²) < 4.78 is 0. The topological polar surface area (TPSA) is 37.8 Å². The molecule has 0 aliphatic carbocycles. The predicted octanol–water partition coefficient (Wildman–Crippen LogP) is 2.76. The Hall–Kier alpha value is -1.74. The molecular formula is C15H19N3. The van der Waals surface area contributed by atoms with Crippen molar-refractivity contribution in [3.8, 4) is 0 Å². The minimum atomic E-state index is 0.308. The van der Waals surface area contributed by atoms with E-state index in [-0.39, 0.29) is 0 Å². The average Bonchev–Trinajstić information content (AvgIpc) is 2.45. The molecule has 0 bridgehead atoms. The van der Waals surface area contributed by atoms with Crippen molar-refractivity contribution in [3.05, 3.63) is 59.9 Å². The third-order valence-corrected chi connectivity index (χ3v) is 2.93. The molecule has 0 amide bonds. The van der Waals surface area contributed by atoms with Crippen LogP contribution >= 0.6 is 0 Å². The maximum atomic E-state index is 3.97. The SMILES string of the molecule is CCCNC(Cc1ccccc1)c1ccnnc1. The monoisotopic (exact) mass is 241 g/mol. The van der Waals surface area contributed by atoms with Crippen LogP contribution in [0.5, 0.6) is 0 Å². The second-order valence-electron chi connectivity index (χ2n) is 4.37. The maximum Gasteiger partial charge on any atom is 0.0544 e. The fourth-order valence-electron chi connectivity index (χ4n) is 1.98. The van der Waals surface area contributed by atoms with E-state index in [1.54, 1.807) is 6.20 Å². The molecule has 1 aromatic heterocycles. The lowest BCUT2D eigenvalue weighted by atomic mass is 10.0. The fraction of sp³-hybridized carbons (Fsp3) is 0.333. The highest BCUT2D eigenvalue weighted by Gasteiger charge is 2.11. The molecule has 3 heteroatoms. The molecule has 2 rings (SSSR count). The van der Waals surface area contributed by atoms with Crippen LogP contribution in [0.15, 0.2) is 48.8 Å². The Morgan fingerprint density at radius 2 is 1.94 bits per heavy atom. The van der Waals surface area contributed by atoms with E-state index in [9.17, 15) is 0 Å². The van der Waals surface area contributed by atoms with Crippen molar-refractivity contribution in [1.82, 2.24) is 15.5 Å². The van der Waals surface area contributed by atoms with Gasteiger partial charge in [-0.25, -0.2) is 0 Å². The summed E-state index contributed by atoms with van der Waals surface area (Å²) in [7, 11) is 0. The highest BCUT2D eigenvalue weighted by Crippen LogP contribution is 2.17. The average molecular weight is 241 g/mol. The second-order valence-corrected chi connectivity index (χ2v) is 4.37. The Labute approximate surface area is 108 Å². The van der Waals surface area contributed by atoms with Gasteiger partial charge in [0, 0.05) is 12.2 Å². The number of nitrogens with zero attached hydrogens (tertiary/aromatic N) is 2. The molecule has 1 N–H and O–H groups in total. The van der Waals surface area contributed by atoms with Crippen LogP contribution in [0.3, 0.4) is 0 Å². The zero-order valence-corrected chi connectivity index (χ0v) is 10.7. The number of nitrogens with one attached hydrogen (secondary N) is 1. The molecule has 1 atom stereocenters. The molecule has 2 aromatic rings. The molecule has 0 fully saturated rings. The first-order valence-corrected chi connectivity index (χ1v) is 6.44. The number of hydrogen-bond donors (Lipinski definition) is 1. The molecular weight excluding hydrogens is 222 g/mol. The minimum absolute atomic E-state index is 0.308. The van der Waals surface area contributed by atoms with Crippen LogP contribution in [0, 0.1) is 0 Å². The number of rotatable bonds is 6. The van der Waals surface area contributed by atoms with Crippen LogP contribution < -0.4 is 5.32 Å². The predicted molar refractivity (Wildman–Crippen MR) is 73.2 cm³/mol. The molecule has 0 spiro atoms. The van der Waals surface area contributed by atoms with Gasteiger partial charge < -0.3 is 5.32 Å². The van der Waals surface area contributed by atoms with Crippen molar-refractivity contribution in [3.63, 3.8) is 0 Å². The number of hydrogen-bond acceptors (Lipinski definition) is 3. The highest BCUT2D eigenvalue weighted by molar-refractivity contribution is 5.20. The van der Waals surface area contributed by atoms with Gasteiger partial charge in [0.1, 0.15) is 0 Å². The van der Waals surface area contributed by atoms with E-state index in [1.165, 1.54) is 11.1 Å². The zero-order chi connectivity index (χ0) is 12.6. The van der Waals surface area contributed by atoms with E-state index in [2.05, 4.69) is 46.7 Å². The summed E-state index contributed by atoms with van der Waals surface area (Å²) in [6, 6.07) is 12.9. The lowest BCUT2D eigenvalue weighted by molar-refractivity contribution is 0.526. The quantitative estimate of drug-likeness (QED) is 0.845.